The molecule has 2 aromatic heterocycles. The van der Waals surface area contributed by atoms with Crippen LogP contribution < -0.4 is 5.73 Å². The molecule has 5 nitrogen and oxygen atoms in total. The van der Waals surface area contributed by atoms with Crippen LogP contribution in [0.15, 0.2) is 30.7 Å². The number of hydrogen-bond acceptors (Lipinski definition) is 4. The zero-order valence-corrected chi connectivity index (χ0v) is 14.2. The van der Waals surface area contributed by atoms with Gasteiger partial charge in [-0.3, -0.25) is 0 Å². The van der Waals surface area contributed by atoms with E-state index in [1.54, 1.807) is 12.1 Å². The number of halogens is 2. The fraction of sp³-hybridized carbons (Fsp3) is 0.333. The van der Waals surface area contributed by atoms with Gasteiger partial charge in [0.1, 0.15) is 22.9 Å². The van der Waals surface area contributed by atoms with Crippen molar-refractivity contribution < 1.29 is 9.50 Å². The van der Waals surface area contributed by atoms with Crippen LogP contribution in [0.2, 0.25) is 5.15 Å². The lowest BCUT2D eigenvalue weighted by Gasteiger charge is -2.27. The molecule has 130 valence electrons. The Morgan fingerprint density at radius 3 is 2.64 bits per heavy atom. The second kappa shape index (κ2) is 6.28. The van der Waals surface area contributed by atoms with E-state index in [9.17, 15) is 9.50 Å². The van der Waals surface area contributed by atoms with Crippen molar-refractivity contribution in [3.63, 3.8) is 0 Å². The minimum Gasteiger partial charge on any atom is -0.399 e. The number of fused-ring (bicyclic) bond motifs is 1. The summed E-state index contributed by atoms with van der Waals surface area (Å²) in [5.74, 6) is -0.405. The summed E-state index contributed by atoms with van der Waals surface area (Å²) in [7, 11) is 0. The molecule has 1 fully saturated rings. The van der Waals surface area contributed by atoms with Gasteiger partial charge in [0.15, 0.2) is 0 Å². The van der Waals surface area contributed by atoms with Crippen LogP contribution in [0.5, 0.6) is 0 Å². The van der Waals surface area contributed by atoms with Crippen LogP contribution in [-0.4, -0.2) is 25.7 Å². The fourth-order valence-electron chi connectivity index (χ4n) is 3.62. The molecule has 1 saturated carbocycles. The Labute approximate surface area is 149 Å². The summed E-state index contributed by atoms with van der Waals surface area (Å²) in [4.78, 5) is 8.45. The van der Waals surface area contributed by atoms with Crippen LogP contribution in [0.1, 0.15) is 31.7 Å². The van der Waals surface area contributed by atoms with E-state index < -0.39 is 5.82 Å². The van der Waals surface area contributed by atoms with Gasteiger partial charge in [0.2, 0.25) is 0 Å². The van der Waals surface area contributed by atoms with E-state index in [0.717, 1.165) is 25.7 Å². The number of aliphatic hydroxyl groups excluding tert-OH is 1. The highest BCUT2D eigenvalue weighted by molar-refractivity contribution is 6.35. The average molecular weight is 361 g/mol. The Kier molecular flexibility index (Phi) is 4.09. The fourth-order valence-corrected chi connectivity index (χ4v) is 3.85. The van der Waals surface area contributed by atoms with Crippen molar-refractivity contribution in [3.05, 3.63) is 41.7 Å². The van der Waals surface area contributed by atoms with Gasteiger partial charge in [-0.1, -0.05) is 11.6 Å². The standard InChI is InChI=1S/C18H18ClFN4O/c19-17-16-14(13-6-1-10(21)7-15(13)20)8-24(18(16)23-9-22-17)11-2-4-12(25)5-3-11/h1,6-9,11-12,25H,2-5,21H2/t11-,12-. The molecule has 4 rings (SSSR count). The third kappa shape index (κ3) is 2.85. The van der Waals surface area contributed by atoms with Crippen molar-refractivity contribution in [2.24, 2.45) is 0 Å². The van der Waals surface area contributed by atoms with E-state index in [1.807, 2.05) is 10.8 Å². The van der Waals surface area contributed by atoms with E-state index in [4.69, 9.17) is 17.3 Å². The van der Waals surface area contributed by atoms with Crippen molar-refractivity contribution in [1.82, 2.24) is 14.5 Å². The number of aliphatic hydroxyl groups is 1. The van der Waals surface area contributed by atoms with Crippen LogP contribution in [0.25, 0.3) is 22.2 Å². The first-order valence-electron chi connectivity index (χ1n) is 8.29. The maximum atomic E-state index is 14.5. The summed E-state index contributed by atoms with van der Waals surface area (Å²) in [6, 6.07) is 4.81. The smallest absolute Gasteiger partial charge is 0.145 e. The summed E-state index contributed by atoms with van der Waals surface area (Å²) >= 11 is 6.32. The highest BCUT2D eigenvalue weighted by Gasteiger charge is 2.25. The first-order valence-corrected chi connectivity index (χ1v) is 8.67. The van der Waals surface area contributed by atoms with Crippen molar-refractivity contribution in [2.45, 2.75) is 37.8 Å². The average Bonchev–Trinajstić information content (AvgIpc) is 2.96. The predicted octanol–water partition coefficient (Wildman–Crippen LogP) is 3.95. The van der Waals surface area contributed by atoms with Crippen LogP contribution in [0.3, 0.4) is 0 Å². The second-order valence-corrected chi connectivity index (χ2v) is 6.87. The molecule has 0 bridgehead atoms. The highest BCUT2D eigenvalue weighted by atomic mass is 35.5. The maximum absolute atomic E-state index is 14.5. The molecule has 0 radical (unpaired) electrons. The lowest BCUT2D eigenvalue weighted by molar-refractivity contribution is 0.111. The molecule has 0 saturated heterocycles. The van der Waals surface area contributed by atoms with Gasteiger partial charge in [0.25, 0.3) is 0 Å². The Hall–Kier alpha value is -2.18. The van der Waals surface area contributed by atoms with Gasteiger partial charge in [-0.2, -0.15) is 0 Å². The number of nitrogens with zero attached hydrogens (tertiary/aromatic N) is 3. The first-order chi connectivity index (χ1) is 12.0. The number of hydrogen-bond donors (Lipinski definition) is 2. The monoisotopic (exact) mass is 360 g/mol. The Morgan fingerprint density at radius 1 is 1.16 bits per heavy atom. The Bertz CT molecular complexity index is 934. The Balaban J connectivity index is 1.90. The number of anilines is 1. The van der Waals surface area contributed by atoms with Gasteiger partial charge in [-0.25, -0.2) is 14.4 Å². The molecule has 3 N–H and O–H groups in total. The predicted molar refractivity (Wildman–Crippen MR) is 95.9 cm³/mol. The summed E-state index contributed by atoms with van der Waals surface area (Å²) < 4.78 is 16.5. The lowest BCUT2D eigenvalue weighted by atomic mass is 9.93. The SMILES string of the molecule is Nc1ccc(-c2cn([C@H]3CC[C@H](O)CC3)c3ncnc(Cl)c23)c(F)c1. The molecule has 0 unspecified atom stereocenters. The van der Waals surface area contributed by atoms with Crippen LogP contribution >= 0.6 is 11.6 Å². The van der Waals surface area contributed by atoms with E-state index in [2.05, 4.69) is 9.97 Å². The van der Waals surface area contributed by atoms with E-state index in [1.165, 1.54) is 12.4 Å². The number of nitrogens with two attached hydrogens (primary N) is 1. The van der Waals surface area contributed by atoms with Crippen molar-refractivity contribution >= 4 is 28.3 Å². The molecule has 1 aliphatic rings. The molecule has 1 aromatic carbocycles. The number of rotatable bonds is 2. The van der Waals surface area contributed by atoms with Crippen molar-refractivity contribution in [3.8, 4) is 11.1 Å². The van der Waals surface area contributed by atoms with Crippen molar-refractivity contribution in [1.29, 1.82) is 0 Å². The summed E-state index contributed by atoms with van der Waals surface area (Å²) in [6.45, 7) is 0. The number of benzene rings is 1. The summed E-state index contributed by atoms with van der Waals surface area (Å²) in [6.07, 6.45) is 6.24. The third-order valence-electron chi connectivity index (χ3n) is 4.91. The zero-order valence-electron chi connectivity index (χ0n) is 13.5. The molecule has 0 spiro atoms. The van der Waals surface area contributed by atoms with Crippen LogP contribution in [0.4, 0.5) is 10.1 Å². The van der Waals surface area contributed by atoms with Gasteiger partial charge < -0.3 is 15.4 Å². The van der Waals surface area contributed by atoms with Crippen LogP contribution in [-0.2, 0) is 0 Å². The van der Waals surface area contributed by atoms with Gasteiger partial charge in [-0.05, 0) is 43.9 Å². The lowest BCUT2D eigenvalue weighted by Crippen LogP contribution is -2.20. The molecule has 7 heteroatoms. The number of aromatic nitrogens is 3. The third-order valence-corrected chi connectivity index (χ3v) is 5.19. The largest absolute Gasteiger partial charge is 0.399 e. The Morgan fingerprint density at radius 2 is 1.92 bits per heavy atom. The van der Waals surface area contributed by atoms with Crippen LogP contribution in [0, 0.1) is 5.82 Å². The molecule has 0 atom stereocenters. The quantitative estimate of drug-likeness (QED) is 0.536. The topological polar surface area (TPSA) is 77.0 Å². The molecule has 2 heterocycles. The zero-order chi connectivity index (χ0) is 17.6. The molecule has 25 heavy (non-hydrogen) atoms. The number of nitrogen functional groups attached to an aromatic ring is 1. The van der Waals surface area contributed by atoms with Gasteiger partial charge in [-0.15, -0.1) is 0 Å². The van der Waals surface area contributed by atoms with Crippen molar-refractivity contribution in [2.75, 3.05) is 5.73 Å². The maximum Gasteiger partial charge on any atom is 0.145 e. The summed E-state index contributed by atoms with van der Waals surface area (Å²) in [5.41, 5.74) is 7.80. The van der Waals surface area contributed by atoms with E-state index >= 15 is 0 Å². The molecule has 3 aromatic rings. The minimum atomic E-state index is -0.405. The van der Waals surface area contributed by atoms with Gasteiger partial charge in [0, 0.05) is 29.1 Å². The minimum absolute atomic E-state index is 0.197. The second-order valence-electron chi connectivity index (χ2n) is 6.51. The van der Waals surface area contributed by atoms with E-state index in [-0.39, 0.29) is 12.1 Å². The molecule has 1 aliphatic carbocycles. The molecular weight excluding hydrogens is 343 g/mol. The highest BCUT2D eigenvalue weighted by Crippen LogP contribution is 2.39. The first kappa shape index (κ1) is 16.3. The molecule has 0 aliphatic heterocycles. The molecular formula is C18H18ClFN4O. The normalized spacial score (nSPS) is 20.9. The van der Waals surface area contributed by atoms with E-state index in [0.29, 0.717) is 33.0 Å². The molecule has 0 amide bonds. The van der Waals surface area contributed by atoms with Gasteiger partial charge >= 0.3 is 0 Å². The summed E-state index contributed by atoms with van der Waals surface area (Å²) in [5, 5.41) is 10.7. The van der Waals surface area contributed by atoms with Gasteiger partial charge in [0.05, 0.1) is 11.5 Å².